The highest BCUT2D eigenvalue weighted by Crippen LogP contribution is 2.39. The zero-order valence-electron chi connectivity index (χ0n) is 9.08. The van der Waals surface area contributed by atoms with E-state index in [-0.39, 0.29) is 5.75 Å². The summed E-state index contributed by atoms with van der Waals surface area (Å²) < 4.78 is 10.2. The summed E-state index contributed by atoms with van der Waals surface area (Å²) in [6, 6.07) is 3.65. The molecule has 0 saturated carbocycles. The van der Waals surface area contributed by atoms with E-state index in [1.807, 2.05) is 12.1 Å². The second kappa shape index (κ2) is 5.26. The lowest BCUT2D eigenvalue weighted by atomic mass is 10.0. The molecular weight excluding hydrogens is 260 g/mol. The number of phenolic OH excluding ortho intramolecular Hbond substituents is 1. The lowest BCUT2D eigenvalue weighted by molar-refractivity contribution is 0.339. The highest BCUT2D eigenvalue weighted by Gasteiger charge is 2.14. The van der Waals surface area contributed by atoms with Gasteiger partial charge in [0.2, 0.25) is 5.75 Å². The number of phenols is 1. The second-order valence-corrected chi connectivity index (χ2v) is 3.98. The van der Waals surface area contributed by atoms with Crippen molar-refractivity contribution in [3.63, 3.8) is 0 Å². The van der Waals surface area contributed by atoms with Gasteiger partial charge in [-0.25, -0.2) is 0 Å². The lowest BCUT2D eigenvalue weighted by Crippen LogP contribution is -1.97. The van der Waals surface area contributed by atoms with E-state index in [9.17, 15) is 5.11 Å². The topological polar surface area (TPSA) is 38.7 Å². The average molecular weight is 275 g/mol. The molecule has 0 amide bonds. The largest absolute Gasteiger partial charge is 0.502 e. The molecule has 1 aromatic rings. The van der Waals surface area contributed by atoms with Gasteiger partial charge in [0.25, 0.3) is 0 Å². The van der Waals surface area contributed by atoms with Gasteiger partial charge in [-0.1, -0.05) is 22.9 Å². The number of rotatable bonds is 4. The number of ether oxygens (including phenoxy) is 2. The molecule has 0 aromatic heterocycles. The molecule has 1 unspecified atom stereocenters. The fourth-order valence-electron chi connectivity index (χ4n) is 1.29. The Bertz CT molecular complexity index is 314. The highest BCUT2D eigenvalue weighted by molar-refractivity contribution is 9.09. The number of methoxy groups -OCH3 is 2. The molecule has 1 N–H and O–H groups in total. The Labute approximate surface area is 98.1 Å². The van der Waals surface area contributed by atoms with Gasteiger partial charge in [-0.3, -0.25) is 0 Å². The van der Waals surface area contributed by atoms with Crippen LogP contribution < -0.4 is 9.47 Å². The van der Waals surface area contributed by atoms with Crippen LogP contribution in [-0.2, 0) is 0 Å². The van der Waals surface area contributed by atoms with Crippen molar-refractivity contribution in [3.05, 3.63) is 17.7 Å². The molecule has 1 rings (SSSR count). The molecule has 84 valence electrons. The summed E-state index contributed by atoms with van der Waals surface area (Å²) in [5.41, 5.74) is 1.07. The first-order valence-electron chi connectivity index (χ1n) is 4.64. The van der Waals surface area contributed by atoms with E-state index in [0.717, 1.165) is 10.9 Å². The fraction of sp³-hybridized carbons (Fsp3) is 0.455. The molecule has 0 saturated heterocycles. The van der Waals surface area contributed by atoms with E-state index in [1.54, 1.807) is 0 Å². The summed E-state index contributed by atoms with van der Waals surface area (Å²) >= 11 is 3.42. The molecule has 3 nitrogen and oxygen atoms in total. The van der Waals surface area contributed by atoms with E-state index >= 15 is 0 Å². The van der Waals surface area contributed by atoms with Gasteiger partial charge < -0.3 is 14.6 Å². The molecule has 15 heavy (non-hydrogen) atoms. The first-order valence-corrected chi connectivity index (χ1v) is 5.77. The summed E-state index contributed by atoms with van der Waals surface area (Å²) in [5.74, 6) is 1.27. The number of benzene rings is 1. The van der Waals surface area contributed by atoms with Crippen molar-refractivity contribution in [1.29, 1.82) is 0 Å². The summed E-state index contributed by atoms with van der Waals surface area (Å²) in [6.07, 6.45) is 0. The van der Waals surface area contributed by atoms with E-state index in [4.69, 9.17) is 9.47 Å². The van der Waals surface area contributed by atoms with Crippen LogP contribution in [0.15, 0.2) is 12.1 Å². The molecule has 0 bridgehead atoms. The Morgan fingerprint density at radius 2 is 1.73 bits per heavy atom. The van der Waals surface area contributed by atoms with Crippen LogP contribution in [0.5, 0.6) is 17.2 Å². The van der Waals surface area contributed by atoms with E-state index in [2.05, 4.69) is 22.9 Å². The maximum atomic E-state index is 9.71. The van der Waals surface area contributed by atoms with Crippen molar-refractivity contribution in [1.82, 2.24) is 0 Å². The number of hydrogen-bond donors (Lipinski definition) is 1. The minimum atomic E-state index is 0.0468. The smallest absolute Gasteiger partial charge is 0.200 e. The first kappa shape index (κ1) is 12.2. The van der Waals surface area contributed by atoms with Crippen LogP contribution in [0.4, 0.5) is 0 Å². The summed E-state index contributed by atoms with van der Waals surface area (Å²) in [4.78, 5) is 0. The minimum Gasteiger partial charge on any atom is -0.502 e. The average Bonchev–Trinajstić information content (AvgIpc) is 2.28. The molecule has 0 aliphatic heterocycles. The summed E-state index contributed by atoms with van der Waals surface area (Å²) in [7, 11) is 3.05. The van der Waals surface area contributed by atoms with Crippen LogP contribution in [0.25, 0.3) is 0 Å². The normalized spacial score (nSPS) is 12.3. The van der Waals surface area contributed by atoms with Gasteiger partial charge in [-0.05, 0) is 23.6 Å². The maximum absolute atomic E-state index is 9.71. The SMILES string of the molecule is COc1cc(C(C)CBr)cc(OC)c1O. The Hall–Kier alpha value is -0.900. The minimum absolute atomic E-state index is 0.0468. The van der Waals surface area contributed by atoms with Gasteiger partial charge in [0.1, 0.15) is 0 Å². The van der Waals surface area contributed by atoms with Gasteiger partial charge in [0.05, 0.1) is 14.2 Å². The number of aromatic hydroxyl groups is 1. The Kier molecular flexibility index (Phi) is 4.27. The van der Waals surface area contributed by atoms with Gasteiger partial charge in [-0.2, -0.15) is 0 Å². The molecule has 0 aliphatic carbocycles. The molecule has 0 fully saturated rings. The number of hydrogen-bond acceptors (Lipinski definition) is 3. The Morgan fingerprint density at radius 3 is 2.07 bits per heavy atom. The van der Waals surface area contributed by atoms with Crippen molar-refractivity contribution in [2.75, 3.05) is 19.5 Å². The van der Waals surface area contributed by atoms with Crippen LogP contribution in [0.3, 0.4) is 0 Å². The van der Waals surface area contributed by atoms with Crippen molar-refractivity contribution in [2.45, 2.75) is 12.8 Å². The molecule has 0 aliphatic rings. The van der Waals surface area contributed by atoms with Crippen molar-refractivity contribution in [2.24, 2.45) is 0 Å². The maximum Gasteiger partial charge on any atom is 0.200 e. The molecule has 0 heterocycles. The zero-order valence-corrected chi connectivity index (χ0v) is 10.7. The van der Waals surface area contributed by atoms with Crippen LogP contribution in [-0.4, -0.2) is 24.7 Å². The number of halogens is 1. The van der Waals surface area contributed by atoms with E-state index in [1.165, 1.54) is 14.2 Å². The quantitative estimate of drug-likeness (QED) is 0.859. The van der Waals surface area contributed by atoms with Gasteiger partial charge in [0, 0.05) is 5.33 Å². The predicted molar refractivity (Wildman–Crippen MR) is 63.4 cm³/mol. The summed E-state index contributed by atoms with van der Waals surface area (Å²) in [5, 5.41) is 10.6. The lowest BCUT2D eigenvalue weighted by Gasteiger charge is -2.14. The molecular formula is C11H15BrO3. The third kappa shape index (κ3) is 2.56. The van der Waals surface area contributed by atoms with E-state index in [0.29, 0.717) is 17.4 Å². The standard InChI is InChI=1S/C11H15BrO3/c1-7(6-12)8-4-9(14-2)11(13)10(5-8)15-3/h4-5,7,13H,6H2,1-3H3. The van der Waals surface area contributed by atoms with Crippen molar-refractivity contribution < 1.29 is 14.6 Å². The fourth-order valence-corrected chi connectivity index (χ4v) is 1.66. The Morgan fingerprint density at radius 1 is 1.27 bits per heavy atom. The van der Waals surface area contributed by atoms with Crippen molar-refractivity contribution in [3.8, 4) is 17.2 Å². The third-order valence-corrected chi connectivity index (χ3v) is 3.27. The van der Waals surface area contributed by atoms with Crippen LogP contribution in [0, 0.1) is 0 Å². The van der Waals surface area contributed by atoms with Crippen LogP contribution in [0.1, 0.15) is 18.4 Å². The van der Waals surface area contributed by atoms with E-state index < -0.39 is 0 Å². The second-order valence-electron chi connectivity index (χ2n) is 3.33. The first-order chi connectivity index (χ1) is 7.13. The zero-order chi connectivity index (χ0) is 11.4. The molecule has 0 radical (unpaired) electrons. The predicted octanol–water partition coefficient (Wildman–Crippen LogP) is 2.91. The molecule has 0 spiro atoms. The number of alkyl halides is 1. The molecule has 1 aromatic carbocycles. The van der Waals surface area contributed by atoms with Gasteiger partial charge >= 0.3 is 0 Å². The van der Waals surface area contributed by atoms with Gasteiger partial charge in [0.15, 0.2) is 11.5 Å². The highest BCUT2D eigenvalue weighted by atomic mass is 79.9. The van der Waals surface area contributed by atoms with Gasteiger partial charge in [-0.15, -0.1) is 0 Å². The van der Waals surface area contributed by atoms with Crippen LogP contribution >= 0.6 is 15.9 Å². The summed E-state index contributed by atoms with van der Waals surface area (Å²) in [6.45, 7) is 2.08. The Balaban J connectivity index is 3.20. The van der Waals surface area contributed by atoms with Crippen LogP contribution in [0.2, 0.25) is 0 Å². The monoisotopic (exact) mass is 274 g/mol. The third-order valence-electron chi connectivity index (χ3n) is 2.30. The molecule has 1 atom stereocenters. The molecule has 4 heteroatoms. The van der Waals surface area contributed by atoms with Crippen molar-refractivity contribution >= 4 is 15.9 Å².